The molecule has 0 aromatic carbocycles. The molecule has 1 aliphatic carbocycles. The zero-order valence-electron chi connectivity index (χ0n) is 27.2. The van der Waals surface area contributed by atoms with Crippen LogP contribution in [0.2, 0.25) is 0 Å². The molecule has 1 amide bonds. The van der Waals surface area contributed by atoms with Crippen LogP contribution in [0.3, 0.4) is 0 Å². The minimum Gasteiger partial charge on any atom is -0.480 e. The molecule has 11 nitrogen and oxygen atoms in total. The molecule has 0 radical (unpaired) electrons. The first-order chi connectivity index (χ1) is 21.2. The van der Waals surface area contributed by atoms with Gasteiger partial charge in [0.05, 0.1) is 33.0 Å². The lowest BCUT2D eigenvalue weighted by molar-refractivity contribution is -0.683. The minimum absolute atomic E-state index is 0.0314. The molecule has 3 aromatic rings. The Bertz CT molecular complexity index is 1660. The van der Waals surface area contributed by atoms with Gasteiger partial charge in [-0.05, 0) is 51.3 Å². The van der Waals surface area contributed by atoms with Crippen LogP contribution in [0.5, 0.6) is 0 Å². The summed E-state index contributed by atoms with van der Waals surface area (Å²) in [6.45, 7) is 12.1. The smallest absolute Gasteiger partial charge is 0.408 e. The van der Waals surface area contributed by atoms with Crippen LogP contribution < -0.4 is 9.88 Å². The highest BCUT2D eigenvalue weighted by atomic mass is 32.2. The number of ether oxygens (including phenoxy) is 2. The predicted octanol–water partition coefficient (Wildman–Crippen LogP) is 4.91. The molecule has 4 atom stereocenters. The molecule has 5 rings (SSSR count). The predicted molar refractivity (Wildman–Crippen MR) is 173 cm³/mol. The number of aliphatic hydroxyl groups is 1. The van der Waals surface area contributed by atoms with Gasteiger partial charge in [-0.25, -0.2) is 19.1 Å². The molecule has 0 spiro atoms. The van der Waals surface area contributed by atoms with E-state index in [1.165, 1.54) is 11.8 Å². The van der Waals surface area contributed by atoms with E-state index in [1.807, 2.05) is 25.4 Å². The first kappa shape index (κ1) is 32.9. The number of methoxy groups -OCH3 is 1. The van der Waals surface area contributed by atoms with Crippen LogP contribution in [0.15, 0.2) is 35.5 Å². The maximum atomic E-state index is 12.3. The van der Waals surface area contributed by atoms with E-state index in [9.17, 15) is 19.8 Å². The molecule has 0 fully saturated rings. The Morgan fingerprint density at radius 2 is 1.96 bits per heavy atom. The van der Waals surface area contributed by atoms with Gasteiger partial charge in [-0.3, -0.25) is 4.99 Å². The topological polar surface area (TPSA) is 139 Å². The zero-order valence-corrected chi connectivity index (χ0v) is 28.1. The van der Waals surface area contributed by atoms with Crippen molar-refractivity contribution in [2.75, 3.05) is 19.5 Å². The summed E-state index contributed by atoms with van der Waals surface area (Å²) < 4.78 is 15.9. The highest BCUT2D eigenvalue weighted by Gasteiger charge is 2.49. The number of fused-ring (bicyclic) bond motifs is 5. The van der Waals surface area contributed by atoms with Crippen LogP contribution >= 0.6 is 11.8 Å². The highest BCUT2D eigenvalue weighted by Crippen LogP contribution is 2.56. The van der Waals surface area contributed by atoms with Crippen molar-refractivity contribution in [1.82, 2.24) is 14.9 Å². The Morgan fingerprint density at radius 3 is 2.58 bits per heavy atom. The molecule has 3 unspecified atom stereocenters. The van der Waals surface area contributed by atoms with Gasteiger partial charge in [0, 0.05) is 50.0 Å². The summed E-state index contributed by atoms with van der Waals surface area (Å²) >= 11 is 1.47. The Morgan fingerprint density at radius 1 is 1.22 bits per heavy atom. The fourth-order valence-electron chi connectivity index (χ4n) is 6.51. The van der Waals surface area contributed by atoms with Crippen molar-refractivity contribution in [3.05, 3.63) is 47.4 Å². The fourth-order valence-corrected chi connectivity index (χ4v) is 7.59. The monoisotopic (exact) mass is 638 g/mol. The van der Waals surface area contributed by atoms with Crippen molar-refractivity contribution in [3.63, 3.8) is 0 Å². The Balaban J connectivity index is 1.57. The number of amides is 1. The largest absolute Gasteiger partial charge is 0.480 e. The van der Waals surface area contributed by atoms with Gasteiger partial charge in [0.15, 0.2) is 6.20 Å². The molecule has 12 heteroatoms. The third-order valence-electron chi connectivity index (χ3n) is 8.57. The van der Waals surface area contributed by atoms with Gasteiger partial charge in [-0.15, -0.1) is 11.8 Å². The zero-order chi connectivity index (χ0) is 32.8. The van der Waals surface area contributed by atoms with E-state index >= 15 is 0 Å². The second-order valence-corrected chi connectivity index (χ2v) is 14.5. The van der Waals surface area contributed by atoms with Gasteiger partial charge < -0.3 is 29.6 Å². The summed E-state index contributed by atoms with van der Waals surface area (Å²) in [5.41, 5.74) is 5.67. The molecule has 0 bridgehead atoms. The second-order valence-electron chi connectivity index (χ2n) is 13.4. The summed E-state index contributed by atoms with van der Waals surface area (Å²) in [7, 11) is 3.75. The minimum atomic E-state index is -1.17. The summed E-state index contributed by atoms with van der Waals surface area (Å²) in [6.07, 6.45) is 0.992. The van der Waals surface area contributed by atoms with Crippen LogP contribution in [0.25, 0.3) is 22.3 Å². The number of rotatable bonds is 9. The van der Waals surface area contributed by atoms with Crippen molar-refractivity contribution in [2.45, 2.75) is 84.2 Å². The number of aliphatic imine (C=N–C) groups is 1. The fraction of sp³-hybridized carbons (Fsp3) is 0.545. The van der Waals surface area contributed by atoms with Crippen molar-refractivity contribution < 1.29 is 33.8 Å². The van der Waals surface area contributed by atoms with E-state index in [0.29, 0.717) is 10.8 Å². The van der Waals surface area contributed by atoms with Crippen molar-refractivity contribution in [2.24, 2.45) is 17.5 Å². The number of aliphatic carboxylic acids is 1. The van der Waals surface area contributed by atoms with E-state index < -0.39 is 29.1 Å². The molecule has 3 aromatic heterocycles. The quantitative estimate of drug-likeness (QED) is 0.281. The molecule has 2 aliphatic rings. The lowest BCUT2D eigenvalue weighted by Gasteiger charge is -2.40. The Labute approximate surface area is 268 Å². The number of aromatic nitrogens is 3. The van der Waals surface area contributed by atoms with E-state index in [-0.39, 0.29) is 31.1 Å². The molecule has 0 saturated carbocycles. The number of nitrogens with zero attached hydrogens (tertiary/aromatic N) is 4. The molecule has 0 saturated heterocycles. The maximum absolute atomic E-state index is 12.3. The van der Waals surface area contributed by atoms with Gasteiger partial charge in [0.1, 0.15) is 30.8 Å². The molecular formula is C33H44N5O6S+. The van der Waals surface area contributed by atoms with E-state index in [0.717, 1.165) is 45.8 Å². The maximum Gasteiger partial charge on any atom is 0.408 e. The van der Waals surface area contributed by atoms with E-state index in [2.05, 4.69) is 47.4 Å². The van der Waals surface area contributed by atoms with Crippen LogP contribution in [0.4, 0.5) is 4.79 Å². The van der Waals surface area contributed by atoms with Crippen LogP contribution in [-0.4, -0.2) is 68.0 Å². The number of pyridine rings is 2. The van der Waals surface area contributed by atoms with Gasteiger partial charge >= 0.3 is 12.1 Å². The summed E-state index contributed by atoms with van der Waals surface area (Å²) in [5, 5.41) is 23.5. The number of carbonyl (C=O) groups is 2. The molecule has 242 valence electrons. The number of carbonyl (C=O) groups excluding carboxylic acids is 1. The van der Waals surface area contributed by atoms with Crippen LogP contribution in [0.1, 0.15) is 83.0 Å². The summed E-state index contributed by atoms with van der Waals surface area (Å²) in [5.74, 6) is -0.735. The molecule has 4 heterocycles. The number of aryl methyl sites for hydroxylation is 2. The number of carboxylic acids is 1. The lowest BCUT2D eigenvalue weighted by Crippen LogP contribution is -2.44. The second kappa shape index (κ2) is 12.4. The Hall–Kier alpha value is -3.48. The third-order valence-corrected chi connectivity index (χ3v) is 9.66. The number of alkyl carbamates (subject to hydrolysis) is 1. The van der Waals surface area contributed by atoms with Gasteiger partial charge in [-0.2, -0.15) is 0 Å². The van der Waals surface area contributed by atoms with Crippen LogP contribution in [0, 0.1) is 5.41 Å². The number of hydrogen-bond donors (Lipinski definition) is 3. The standard InChI is InChI=1S/C33H43N5O6S/c1-9-38-22-13-12-19(21-16-45-23(34-21)15-20(30(40)41)36-31(42)44-32(2,3)4)35-26(22)24-25(33(5,6)17-39)29(43-8)28-18(27(24)38)11-10-14-37(28)7/h10-14,20-21,25,29,39H,9,15-17H2,1-8H3,(H-,36,40,41,42)/p+1/t20?,21?,25?,29-/m0/s1. The van der Waals surface area contributed by atoms with Crippen LogP contribution in [-0.2, 0) is 27.9 Å². The number of thioether (sulfide) groups is 1. The number of carboxylic acid groups (broad SMARTS) is 1. The van der Waals surface area contributed by atoms with Gasteiger partial charge in [0.2, 0.25) is 5.69 Å². The first-order valence-electron chi connectivity index (χ1n) is 15.3. The lowest BCUT2D eigenvalue weighted by atomic mass is 9.67. The third kappa shape index (κ3) is 6.19. The number of nitrogens with one attached hydrogen (secondary N) is 1. The molecule has 3 N–H and O–H groups in total. The summed E-state index contributed by atoms with van der Waals surface area (Å²) in [4.78, 5) is 34.4. The van der Waals surface area contributed by atoms with E-state index in [4.69, 9.17) is 19.5 Å². The van der Waals surface area contributed by atoms with Gasteiger partial charge in [0.25, 0.3) is 0 Å². The highest BCUT2D eigenvalue weighted by molar-refractivity contribution is 8.14. The number of hydrogen-bond acceptors (Lipinski definition) is 8. The van der Waals surface area contributed by atoms with Gasteiger partial charge in [-0.1, -0.05) is 13.8 Å². The average molecular weight is 639 g/mol. The molecule has 45 heavy (non-hydrogen) atoms. The van der Waals surface area contributed by atoms with Crippen molar-refractivity contribution in [1.29, 1.82) is 0 Å². The normalized spacial score (nSPS) is 20.4. The SMILES string of the molecule is CCn1c2c(c3nc(C4CSC(CC(NC(=O)OC(C)(C)C)C(=O)O)=N4)ccc31)C(C(C)(C)CO)[C@H](OC)c1c-2ccc[n+]1C. The summed E-state index contributed by atoms with van der Waals surface area (Å²) in [6, 6.07) is 6.81. The average Bonchev–Trinajstić information content (AvgIpc) is 3.57. The molecule has 1 aliphatic heterocycles. The van der Waals surface area contributed by atoms with Crippen molar-refractivity contribution >= 4 is 39.9 Å². The first-order valence-corrected chi connectivity index (χ1v) is 16.3. The molecular weight excluding hydrogens is 594 g/mol. The van der Waals surface area contributed by atoms with E-state index in [1.54, 1.807) is 27.9 Å². The number of aliphatic hydroxyl groups excluding tert-OH is 1. The Kier molecular flexibility index (Phi) is 9.05. The van der Waals surface area contributed by atoms with Crippen molar-refractivity contribution in [3.8, 4) is 11.3 Å².